The summed E-state index contributed by atoms with van der Waals surface area (Å²) in [5, 5.41) is 0. The summed E-state index contributed by atoms with van der Waals surface area (Å²) in [5.41, 5.74) is 7.13. The molecular weight excluding hydrogens is 190 g/mol. The Morgan fingerprint density at radius 1 is 1.47 bits per heavy atom. The Morgan fingerprint density at radius 2 is 2.20 bits per heavy atom. The first-order chi connectivity index (χ1) is 7.24. The normalized spacial score (nSPS) is 15.2. The Morgan fingerprint density at radius 3 is 2.73 bits per heavy atom. The van der Waals surface area contributed by atoms with Crippen LogP contribution >= 0.6 is 0 Å². The highest BCUT2D eigenvalue weighted by molar-refractivity contribution is 5.05. The zero-order valence-electron chi connectivity index (χ0n) is 9.81. The van der Waals surface area contributed by atoms with Gasteiger partial charge in [-0.1, -0.05) is 13.8 Å². The third-order valence-electron chi connectivity index (χ3n) is 2.74. The summed E-state index contributed by atoms with van der Waals surface area (Å²) in [7, 11) is 1.72. The van der Waals surface area contributed by atoms with Gasteiger partial charge in [0.25, 0.3) is 0 Å². The summed E-state index contributed by atoms with van der Waals surface area (Å²) in [5.74, 6) is 0. The molecule has 0 aliphatic heterocycles. The number of nitrogens with two attached hydrogens (primary N) is 1. The van der Waals surface area contributed by atoms with Crippen LogP contribution in [0.5, 0.6) is 0 Å². The number of hydrogen-bond donors (Lipinski definition) is 1. The zero-order valence-corrected chi connectivity index (χ0v) is 9.81. The number of hydrogen-bond acceptors (Lipinski definition) is 3. The fraction of sp³-hybridized carbons (Fsp3) is 0.727. The van der Waals surface area contributed by atoms with Gasteiger partial charge in [-0.15, -0.1) is 0 Å². The SMILES string of the molecule is CCC(COC)n1cncc1[C@H](N)CC. The maximum absolute atomic E-state index is 6.03. The summed E-state index contributed by atoms with van der Waals surface area (Å²) < 4.78 is 7.33. The molecule has 4 heteroatoms. The van der Waals surface area contributed by atoms with Crippen molar-refractivity contribution in [3.63, 3.8) is 0 Å². The quantitative estimate of drug-likeness (QED) is 0.781. The van der Waals surface area contributed by atoms with Crippen molar-refractivity contribution in [2.24, 2.45) is 5.73 Å². The van der Waals surface area contributed by atoms with Gasteiger partial charge in [0.2, 0.25) is 0 Å². The van der Waals surface area contributed by atoms with E-state index >= 15 is 0 Å². The van der Waals surface area contributed by atoms with E-state index in [1.807, 2.05) is 12.5 Å². The van der Waals surface area contributed by atoms with Crippen LogP contribution in [0.15, 0.2) is 12.5 Å². The first-order valence-corrected chi connectivity index (χ1v) is 5.50. The molecule has 0 amide bonds. The molecule has 0 spiro atoms. The molecule has 0 aliphatic carbocycles. The fourth-order valence-corrected chi connectivity index (χ4v) is 1.70. The molecule has 1 rings (SSSR count). The molecule has 2 N–H and O–H groups in total. The topological polar surface area (TPSA) is 53.1 Å². The second kappa shape index (κ2) is 5.88. The van der Waals surface area contributed by atoms with Crippen LogP contribution < -0.4 is 5.73 Å². The molecule has 0 saturated heterocycles. The van der Waals surface area contributed by atoms with Crippen molar-refractivity contribution in [3.8, 4) is 0 Å². The lowest BCUT2D eigenvalue weighted by Crippen LogP contribution is -2.20. The highest BCUT2D eigenvalue weighted by Gasteiger charge is 2.15. The van der Waals surface area contributed by atoms with Crippen LogP contribution in [0.2, 0.25) is 0 Å². The Labute approximate surface area is 91.4 Å². The van der Waals surface area contributed by atoms with Crippen LogP contribution in [0.3, 0.4) is 0 Å². The maximum Gasteiger partial charge on any atom is 0.0952 e. The van der Waals surface area contributed by atoms with Gasteiger partial charge in [-0.05, 0) is 12.8 Å². The monoisotopic (exact) mass is 211 g/mol. The molecule has 0 fully saturated rings. The van der Waals surface area contributed by atoms with Gasteiger partial charge < -0.3 is 15.0 Å². The lowest BCUT2D eigenvalue weighted by molar-refractivity contribution is 0.151. The van der Waals surface area contributed by atoms with Crippen LogP contribution in [-0.4, -0.2) is 23.3 Å². The highest BCUT2D eigenvalue weighted by atomic mass is 16.5. The van der Waals surface area contributed by atoms with E-state index in [0.717, 1.165) is 18.5 Å². The summed E-state index contributed by atoms with van der Waals surface area (Å²) >= 11 is 0. The van der Waals surface area contributed by atoms with Crippen molar-refractivity contribution in [1.82, 2.24) is 9.55 Å². The minimum atomic E-state index is 0.0680. The molecule has 2 atom stereocenters. The van der Waals surface area contributed by atoms with Crippen LogP contribution in [0.25, 0.3) is 0 Å². The third kappa shape index (κ3) is 2.79. The van der Waals surface area contributed by atoms with Crippen molar-refractivity contribution in [2.75, 3.05) is 13.7 Å². The molecule has 1 unspecified atom stereocenters. The smallest absolute Gasteiger partial charge is 0.0952 e. The summed E-state index contributed by atoms with van der Waals surface area (Å²) in [4.78, 5) is 4.17. The van der Waals surface area contributed by atoms with Gasteiger partial charge in [0, 0.05) is 19.3 Å². The lowest BCUT2D eigenvalue weighted by Gasteiger charge is -2.20. The molecule has 1 aromatic heterocycles. The standard InChI is InChI=1S/C11H21N3O/c1-4-9(7-15-3)14-8-13-6-11(14)10(12)5-2/h6,8-10H,4-5,7,12H2,1-3H3/t9?,10-/m1/s1. The second-order valence-corrected chi connectivity index (χ2v) is 3.76. The van der Waals surface area contributed by atoms with Gasteiger partial charge in [0.1, 0.15) is 0 Å². The second-order valence-electron chi connectivity index (χ2n) is 3.76. The molecular formula is C11H21N3O. The highest BCUT2D eigenvalue weighted by Crippen LogP contribution is 2.20. The minimum Gasteiger partial charge on any atom is -0.383 e. The van der Waals surface area contributed by atoms with Gasteiger partial charge >= 0.3 is 0 Å². The van der Waals surface area contributed by atoms with Crippen molar-refractivity contribution in [3.05, 3.63) is 18.2 Å². The van der Waals surface area contributed by atoms with Gasteiger partial charge in [0.05, 0.1) is 24.7 Å². The largest absolute Gasteiger partial charge is 0.383 e. The molecule has 86 valence electrons. The van der Waals surface area contributed by atoms with E-state index in [0.29, 0.717) is 12.6 Å². The number of ether oxygens (including phenoxy) is 1. The molecule has 1 heterocycles. The number of nitrogens with zero attached hydrogens (tertiary/aromatic N) is 2. The van der Waals surface area contributed by atoms with Crippen molar-refractivity contribution in [1.29, 1.82) is 0 Å². The Hall–Kier alpha value is -0.870. The van der Waals surface area contributed by atoms with Gasteiger partial charge in [-0.25, -0.2) is 4.98 Å². The summed E-state index contributed by atoms with van der Waals surface area (Å²) in [6, 6.07) is 0.406. The van der Waals surface area contributed by atoms with Crippen LogP contribution in [0, 0.1) is 0 Å². The van der Waals surface area contributed by atoms with E-state index < -0.39 is 0 Å². The molecule has 0 radical (unpaired) electrons. The predicted octanol–water partition coefficient (Wildman–Crippen LogP) is 1.89. The molecule has 0 aromatic carbocycles. The van der Waals surface area contributed by atoms with Crippen LogP contribution in [0.4, 0.5) is 0 Å². The molecule has 15 heavy (non-hydrogen) atoms. The number of aromatic nitrogens is 2. The maximum atomic E-state index is 6.03. The first-order valence-electron chi connectivity index (χ1n) is 5.50. The van der Waals surface area contributed by atoms with E-state index in [1.165, 1.54) is 0 Å². The van der Waals surface area contributed by atoms with Crippen molar-refractivity contribution < 1.29 is 4.74 Å². The molecule has 1 aromatic rings. The number of rotatable bonds is 6. The zero-order chi connectivity index (χ0) is 11.3. The Balaban J connectivity index is 2.86. The molecule has 4 nitrogen and oxygen atoms in total. The third-order valence-corrected chi connectivity index (χ3v) is 2.74. The molecule has 0 bridgehead atoms. The summed E-state index contributed by atoms with van der Waals surface area (Å²) in [6.07, 6.45) is 5.65. The van der Waals surface area contributed by atoms with E-state index in [-0.39, 0.29) is 6.04 Å². The van der Waals surface area contributed by atoms with Crippen molar-refractivity contribution >= 4 is 0 Å². The predicted molar refractivity (Wildman–Crippen MR) is 60.7 cm³/mol. The van der Waals surface area contributed by atoms with E-state index in [2.05, 4.69) is 23.4 Å². The summed E-state index contributed by atoms with van der Waals surface area (Å²) in [6.45, 7) is 4.93. The average molecular weight is 211 g/mol. The first kappa shape index (κ1) is 12.2. The molecule has 0 aliphatic rings. The number of imidazole rings is 1. The average Bonchev–Trinajstić information content (AvgIpc) is 2.73. The van der Waals surface area contributed by atoms with Crippen LogP contribution in [0.1, 0.15) is 44.5 Å². The van der Waals surface area contributed by atoms with E-state index in [1.54, 1.807) is 7.11 Å². The van der Waals surface area contributed by atoms with Crippen LogP contribution in [-0.2, 0) is 4.74 Å². The van der Waals surface area contributed by atoms with E-state index in [4.69, 9.17) is 10.5 Å². The van der Waals surface area contributed by atoms with Gasteiger partial charge in [-0.3, -0.25) is 0 Å². The Kier molecular flexibility index (Phi) is 4.78. The Bertz CT molecular complexity index is 285. The lowest BCUT2D eigenvalue weighted by atomic mass is 10.1. The minimum absolute atomic E-state index is 0.0680. The fourth-order valence-electron chi connectivity index (χ4n) is 1.70. The van der Waals surface area contributed by atoms with Gasteiger partial charge in [-0.2, -0.15) is 0 Å². The van der Waals surface area contributed by atoms with Crippen molar-refractivity contribution in [2.45, 2.75) is 38.8 Å². The van der Waals surface area contributed by atoms with E-state index in [9.17, 15) is 0 Å². The van der Waals surface area contributed by atoms with Gasteiger partial charge in [0.15, 0.2) is 0 Å². The molecule has 0 saturated carbocycles. The number of methoxy groups -OCH3 is 1.